The predicted octanol–water partition coefficient (Wildman–Crippen LogP) is 0.0709. The molecule has 0 bridgehead atoms. The number of nitrogens with zero attached hydrogens (tertiary/aromatic N) is 1. The van der Waals surface area contributed by atoms with Gasteiger partial charge in [0.2, 0.25) is 29.5 Å². The fourth-order valence-electron chi connectivity index (χ4n) is 5.66. The molecule has 5 atom stereocenters. The summed E-state index contributed by atoms with van der Waals surface area (Å²) in [4.78, 5) is 69.7. The Labute approximate surface area is 278 Å². The molecule has 14 heteroatoms. The van der Waals surface area contributed by atoms with Crippen LogP contribution in [0, 0.1) is 11.8 Å². The minimum absolute atomic E-state index is 0.00681. The topological polar surface area (TPSA) is 250 Å². The van der Waals surface area contributed by atoms with Crippen LogP contribution in [0.25, 0.3) is 0 Å². The number of rotatable bonds is 19. The third-order valence-electron chi connectivity index (χ3n) is 8.20. The summed E-state index contributed by atoms with van der Waals surface area (Å²) in [7, 11) is 0. The SMILES string of the molecule is CC(C)C[C@H](NC(=O)[C@H](Cc1ccccc1)NC(=O)[C@H](C)N)C(=O)N[C@@H](CC1CCCCC1)C(=O)N[C@@H](CCCN=C(N)N)C(N)=O. The minimum Gasteiger partial charge on any atom is -0.370 e. The van der Waals surface area contributed by atoms with E-state index in [4.69, 9.17) is 22.9 Å². The Kier molecular flexibility index (Phi) is 16.7. The molecule has 12 N–H and O–H groups in total. The van der Waals surface area contributed by atoms with E-state index in [9.17, 15) is 24.0 Å². The van der Waals surface area contributed by atoms with E-state index in [1.54, 1.807) is 0 Å². The van der Waals surface area contributed by atoms with Crippen molar-refractivity contribution in [1.29, 1.82) is 0 Å². The molecule has 1 aliphatic carbocycles. The monoisotopic (exact) mass is 657 g/mol. The molecule has 0 aliphatic heterocycles. The lowest BCUT2D eigenvalue weighted by atomic mass is 9.84. The fourth-order valence-corrected chi connectivity index (χ4v) is 5.66. The Morgan fingerprint density at radius 2 is 1.32 bits per heavy atom. The van der Waals surface area contributed by atoms with Gasteiger partial charge in [-0.3, -0.25) is 29.0 Å². The van der Waals surface area contributed by atoms with Gasteiger partial charge in [-0.25, -0.2) is 0 Å². The van der Waals surface area contributed by atoms with Gasteiger partial charge in [-0.1, -0.05) is 76.3 Å². The molecule has 0 spiro atoms. The molecular formula is C33H55N9O5. The van der Waals surface area contributed by atoms with E-state index in [0.717, 1.165) is 37.7 Å². The quantitative estimate of drug-likeness (QED) is 0.0573. The standard InChI is InChI=1S/C33H55N9O5/c1-20(2)17-25(41-32(47)26(40-29(44)21(3)34)18-22-11-6-4-7-12-22)30(45)42-27(19-23-13-8-5-9-14-23)31(46)39-24(28(35)43)15-10-16-38-33(36)37/h4,6-7,11-12,20-21,23-27H,5,8-10,13-19,34H2,1-3H3,(H2,35,43)(H,39,46)(H,40,44)(H,41,47)(H,42,45)(H4,36,37,38)/t21-,24-,25-,26-,27-/m0/s1. The highest BCUT2D eigenvalue weighted by molar-refractivity contribution is 5.95. The maximum atomic E-state index is 13.8. The van der Waals surface area contributed by atoms with Crippen LogP contribution in [-0.2, 0) is 30.4 Å². The van der Waals surface area contributed by atoms with Gasteiger partial charge in [0.25, 0.3) is 0 Å². The number of hydrogen-bond donors (Lipinski definition) is 8. The van der Waals surface area contributed by atoms with Gasteiger partial charge in [-0.05, 0) is 50.0 Å². The van der Waals surface area contributed by atoms with Gasteiger partial charge < -0.3 is 44.2 Å². The zero-order valence-corrected chi connectivity index (χ0v) is 28.0. The van der Waals surface area contributed by atoms with Crippen LogP contribution in [0.2, 0.25) is 0 Å². The van der Waals surface area contributed by atoms with Gasteiger partial charge >= 0.3 is 0 Å². The third-order valence-corrected chi connectivity index (χ3v) is 8.20. The van der Waals surface area contributed by atoms with Crippen molar-refractivity contribution in [1.82, 2.24) is 21.3 Å². The van der Waals surface area contributed by atoms with Crippen LogP contribution in [-0.4, -0.2) is 72.2 Å². The van der Waals surface area contributed by atoms with Crippen LogP contribution < -0.4 is 44.2 Å². The molecule has 47 heavy (non-hydrogen) atoms. The molecule has 1 aromatic carbocycles. The molecule has 1 aliphatic rings. The van der Waals surface area contributed by atoms with Gasteiger partial charge in [-0.2, -0.15) is 0 Å². The number of nitrogens with one attached hydrogen (secondary N) is 4. The highest BCUT2D eigenvalue weighted by Crippen LogP contribution is 2.27. The summed E-state index contributed by atoms with van der Waals surface area (Å²) in [6.07, 6.45) is 6.48. The van der Waals surface area contributed by atoms with E-state index in [1.807, 2.05) is 44.2 Å². The second-order valence-electron chi connectivity index (χ2n) is 12.9. The molecule has 1 aromatic rings. The zero-order chi connectivity index (χ0) is 34.9. The average Bonchev–Trinajstić information content (AvgIpc) is 3.01. The highest BCUT2D eigenvalue weighted by atomic mass is 16.2. The summed E-state index contributed by atoms with van der Waals surface area (Å²) in [5.74, 6) is -2.70. The van der Waals surface area contributed by atoms with E-state index in [2.05, 4.69) is 26.3 Å². The second-order valence-corrected chi connectivity index (χ2v) is 12.9. The van der Waals surface area contributed by atoms with E-state index in [-0.39, 0.29) is 43.6 Å². The van der Waals surface area contributed by atoms with Crippen molar-refractivity contribution in [3.63, 3.8) is 0 Å². The summed E-state index contributed by atoms with van der Waals surface area (Å²) < 4.78 is 0. The van der Waals surface area contributed by atoms with E-state index < -0.39 is 59.7 Å². The fraction of sp³-hybridized carbons (Fsp3) is 0.636. The lowest BCUT2D eigenvalue weighted by Gasteiger charge is -2.30. The highest BCUT2D eigenvalue weighted by Gasteiger charge is 2.33. The molecule has 0 heterocycles. The maximum absolute atomic E-state index is 13.8. The predicted molar refractivity (Wildman–Crippen MR) is 181 cm³/mol. The number of amides is 5. The molecule has 0 aromatic heterocycles. The van der Waals surface area contributed by atoms with Crippen LogP contribution in [0.3, 0.4) is 0 Å². The first-order chi connectivity index (χ1) is 22.3. The number of aliphatic imine (C=N–C) groups is 1. The van der Waals surface area contributed by atoms with Crippen molar-refractivity contribution >= 4 is 35.5 Å². The smallest absolute Gasteiger partial charge is 0.243 e. The van der Waals surface area contributed by atoms with Gasteiger partial charge in [0.15, 0.2) is 5.96 Å². The van der Waals surface area contributed by atoms with Crippen molar-refractivity contribution in [3.05, 3.63) is 35.9 Å². The third kappa shape index (κ3) is 14.8. The van der Waals surface area contributed by atoms with Crippen LogP contribution in [0.5, 0.6) is 0 Å². The minimum atomic E-state index is -0.999. The Bertz CT molecular complexity index is 1200. The second kappa shape index (κ2) is 20.1. The van der Waals surface area contributed by atoms with Crippen LogP contribution in [0.4, 0.5) is 0 Å². The first kappa shape index (κ1) is 39.0. The van der Waals surface area contributed by atoms with Crippen molar-refractivity contribution in [2.45, 2.75) is 115 Å². The van der Waals surface area contributed by atoms with Crippen LogP contribution >= 0.6 is 0 Å². The Morgan fingerprint density at radius 3 is 1.89 bits per heavy atom. The molecule has 1 saturated carbocycles. The lowest BCUT2D eigenvalue weighted by molar-refractivity contribution is -0.135. The summed E-state index contributed by atoms with van der Waals surface area (Å²) in [6, 6.07) is 4.41. The molecular weight excluding hydrogens is 602 g/mol. The normalized spacial score (nSPS) is 16.5. The van der Waals surface area contributed by atoms with Gasteiger partial charge in [0, 0.05) is 13.0 Å². The van der Waals surface area contributed by atoms with E-state index >= 15 is 0 Å². The Balaban J connectivity index is 2.26. The van der Waals surface area contributed by atoms with Crippen LogP contribution in [0.15, 0.2) is 35.3 Å². The molecule has 5 amide bonds. The molecule has 2 rings (SSSR count). The Hall–Kier alpha value is -4.20. The molecule has 262 valence electrons. The largest absolute Gasteiger partial charge is 0.370 e. The number of carbonyl (C=O) groups excluding carboxylic acids is 5. The zero-order valence-electron chi connectivity index (χ0n) is 28.0. The summed E-state index contributed by atoms with van der Waals surface area (Å²) in [5.41, 5.74) is 22.9. The number of hydrogen-bond acceptors (Lipinski definition) is 7. The van der Waals surface area contributed by atoms with Crippen molar-refractivity contribution < 1.29 is 24.0 Å². The summed E-state index contributed by atoms with van der Waals surface area (Å²) in [5, 5.41) is 11.1. The molecule has 0 radical (unpaired) electrons. The maximum Gasteiger partial charge on any atom is 0.243 e. The van der Waals surface area contributed by atoms with Crippen molar-refractivity contribution in [3.8, 4) is 0 Å². The molecule has 0 unspecified atom stereocenters. The number of primary amides is 1. The van der Waals surface area contributed by atoms with Gasteiger partial charge in [0.05, 0.1) is 6.04 Å². The average molecular weight is 658 g/mol. The number of guanidine groups is 1. The summed E-state index contributed by atoms with van der Waals surface area (Å²) in [6.45, 7) is 5.61. The first-order valence-electron chi connectivity index (χ1n) is 16.6. The van der Waals surface area contributed by atoms with E-state index in [1.165, 1.54) is 6.92 Å². The summed E-state index contributed by atoms with van der Waals surface area (Å²) >= 11 is 0. The molecule has 14 nitrogen and oxygen atoms in total. The number of carbonyl (C=O) groups is 5. The lowest BCUT2D eigenvalue weighted by Crippen LogP contribution is -2.59. The van der Waals surface area contributed by atoms with Crippen molar-refractivity contribution in [2.24, 2.45) is 39.8 Å². The Morgan fingerprint density at radius 1 is 0.766 bits per heavy atom. The van der Waals surface area contributed by atoms with Crippen molar-refractivity contribution in [2.75, 3.05) is 6.54 Å². The van der Waals surface area contributed by atoms with Gasteiger partial charge in [-0.15, -0.1) is 0 Å². The van der Waals surface area contributed by atoms with E-state index in [0.29, 0.717) is 12.8 Å². The van der Waals surface area contributed by atoms with Gasteiger partial charge in [0.1, 0.15) is 24.2 Å². The number of nitrogens with two attached hydrogens (primary N) is 4. The first-order valence-corrected chi connectivity index (χ1v) is 16.6. The number of benzene rings is 1. The molecule has 1 fully saturated rings. The molecule has 0 saturated heterocycles. The van der Waals surface area contributed by atoms with Crippen LogP contribution in [0.1, 0.15) is 84.1 Å².